The van der Waals surface area contributed by atoms with E-state index in [1.54, 1.807) is 0 Å². The fraction of sp³-hybridized carbons (Fsp3) is 0.588. The second-order valence-electron chi connectivity index (χ2n) is 6.30. The van der Waals surface area contributed by atoms with E-state index < -0.39 is 0 Å². The monoisotopic (exact) mass is 399 g/mol. The van der Waals surface area contributed by atoms with E-state index in [-0.39, 0.29) is 24.0 Å². The molecule has 0 bridgehead atoms. The van der Waals surface area contributed by atoms with E-state index in [1.807, 2.05) is 7.05 Å². The molecule has 3 atom stereocenters. The summed E-state index contributed by atoms with van der Waals surface area (Å²) in [5, 5.41) is 3.59. The highest BCUT2D eigenvalue weighted by molar-refractivity contribution is 14.0. The van der Waals surface area contributed by atoms with Gasteiger partial charge in [0.15, 0.2) is 5.96 Å². The van der Waals surface area contributed by atoms with Crippen LogP contribution < -0.4 is 5.32 Å². The van der Waals surface area contributed by atoms with Gasteiger partial charge in [0.2, 0.25) is 0 Å². The number of rotatable bonds is 2. The van der Waals surface area contributed by atoms with Gasteiger partial charge < -0.3 is 10.2 Å². The van der Waals surface area contributed by atoms with Crippen LogP contribution in [0.1, 0.15) is 36.8 Å². The molecule has 1 aliphatic heterocycles. The molecule has 0 spiro atoms. The van der Waals surface area contributed by atoms with Gasteiger partial charge >= 0.3 is 0 Å². The Morgan fingerprint density at radius 1 is 1.33 bits per heavy atom. The van der Waals surface area contributed by atoms with Gasteiger partial charge in [0.1, 0.15) is 0 Å². The van der Waals surface area contributed by atoms with Crippen LogP contribution in [-0.2, 0) is 0 Å². The molecule has 1 aromatic carbocycles. The van der Waals surface area contributed by atoms with Gasteiger partial charge in [-0.25, -0.2) is 0 Å². The van der Waals surface area contributed by atoms with Crippen LogP contribution in [0, 0.1) is 12.8 Å². The summed E-state index contributed by atoms with van der Waals surface area (Å²) >= 11 is 0. The van der Waals surface area contributed by atoms with Crippen molar-refractivity contribution in [1.29, 1.82) is 0 Å². The molecule has 0 amide bonds. The van der Waals surface area contributed by atoms with Crippen LogP contribution in [0.15, 0.2) is 29.3 Å². The number of aliphatic imine (C=N–C) groups is 1. The van der Waals surface area contributed by atoms with Crippen molar-refractivity contribution in [2.45, 2.75) is 38.6 Å². The third-order valence-corrected chi connectivity index (χ3v) is 4.75. The van der Waals surface area contributed by atoms with E-state index in [2.05, 4.69) is 53.3 Å². The topological polar surface area (TPSA) is 27.6 Å². The van der Waals surface area contributed by atoms with E-state index in [9.17, 15) is 0 Å². The van der Waals surface area contributed by atoms with Crippen molar-refractivity contribution in [3.63, 3.8) is 0 Å². The molecule has 0 aromatic heterocycles. The molecule has 21 heavy (non-hydrogen) atoms. The highest BCUT2D eigenvalue weighted by atomic mass is 127. The Kier molecular flexibility index (Phi) is 5.52. The molecular weight excluding hydrogens is 373 g/mol. The molecule has 2 fully saturated rings. The minimum atomic E-state index is 0. The van der Waals surface area contributed by atoms with Gasteiger partial charge in [-0.1, -0.05) is 31.2 Å². The molecule has 2 aliphatic rings. The highest BCUT2D eigenvalue weighted by Gasteiger charge is 2.35. The predicted octanol–water partition coefficient (Wildman–Crippen LogP) is 3.39. The number of guanidine groups is 1. The molecule has 3 rings (SSSR count). The maximum Gasteiger partial charge on any atom is 0.193 e. The van der Waals surface area contributed by atoms with Crippen LogP contribution >= 0.6 is 24.0 Å². The quantitative estimate of drug-likeness (QED) is 0.469. The lowest BCUT2D eigenvalue weighted by Crippen LogP contribution is -2.41. The molecule has 3 unspecified atom stereocenters. The number of halogens is 1. The predicted molar refractivity (Wildman–Crippen MR) is 99.6 cm³/mol. The summed E-state index contributed by atoms with van der Waals surface area (Å²) < 4.78 is 0. The van der Waals surface area contributed by atoms with Crippen molar-refractivity contribution in [3.05, 3.63) is 35.4 Å². The molecule has 1 aliphatic carbocycles. The minimum Gasteiger partial charge on any atom is -0.353 e. The van der Waals surface area contributed by atoms with Crippen molar-refractivity contribution < 1.29 is 0 Å². The zero-order valence-corrected chi connectivity index (χ0v) is 15.5. The first-order valence-corrected chi connectivity index (χ1v) is 7.73. The number of hydrogen-bond donors (Lipinski definition) is 1. The molecule has 1 N–H and O–H groups in total. The Bertz CT molecular complexity index is 515. The Balaban J connectivity index is 0.00000161. The lowest BCUT2D eigenvalue weighted by Gasteiger charge is -2.22. The summed E-state index contributed by atoms with van der Waals surface area (Å²) in [5.41, 5.74) is 2.92. The first-order valence-electron chi connectivity index (χ1n) is 7.73. The normalized spacial score (nSPS) is 28.2. The van der Waals surface area contributed by atoms with E-state index in [0.29, 0.717) is 12.0 Å². The molecule has 4 heteroatoms. The molecular formula is C17H26IN3. The van der Waals surface area contributed by atoms with Crippen molar-refractivity contribution in [3.8, 4) is 0 Å². The molecule has 1 heterocycles. The lowest BCUT2D eigenvalue weighted by atomic mass is 9.94. The summed E-state index contributed by atoms with van der Waals surface area (Å²) in [5.74, 6) is 2.54. The summed E-state index contributed by atoms with van der Waals surface area (Å²) in [6.07, 6.45) is 2.51. The Labute approximate surface area is 145 Å². The maximum atomic E-state index is 4.47. The smallest absolute Gasteiger partial charge is 0.193 e. The van der Waals surface area contributed by atoms with Crippen LogP contribution in [0.25, 0.3) is 0 Å². The average molecular weight is 399 g/mol. The van der Waals surface area contributed by atoms with Gasteiger partial charge in [0.05, 0.1) is 0 Å². The van der Waals surface area contributed by atoms with E-state index in [1.165, 1.54) is 24.0 Å². The van der Waals surface area contributed by atoms with Crippen LogP contribution in [0.4, 0.5) is 0 Å². The fourth-order valence-electron chi connectivity index (χ4n) is 3.24. The second-order valence-corrected chi connectivity index (χ2v) is 6.30. The Morgan fingerprint density at radius 3 is 2.67 bits per heavy atom. The van der Waals surface area contributed by atoms with Crippen molar-refractivity contribution >= 4 is 29.9 Å². The summed E-state index contributed by atoms with van der Waals surface area (Å²) in [6.45, 7) is 6.72. The number of nitrogens with zero attached hydrogens (tertiary/aromatic N) is 2. The van der Waals surface area contributed by atoms with Gasteiger partial charge in [-0.3, -0.25) is 4.99 Å². The van der Waals surface area contributed by atoms with Crippen molar-refractivity contribution in [2.75, 3.05) is 20.1 Å². The largest absolute Gasteiger partial charge is 0.353 e. The van der Waals surface area contributed by atoms with Crippen molar-refractivity contribution in [2.24, 2.45) is 10.9 Å². The second kappa shape index (κ2) is 6.99. The summed E-state index contributed by atoms with van der Waals surface area (Å²) in [7, 11) is 1.90. The van der Waals surface area contributed by atoms with Gasteiger partial charge in [0.25, 0.3) is 0 Å². The molecule has 0 radical (unpaired) electrons. The van der Waals surface area contributed by atoms with Crippen molar-refractivity contribution in [1.82, 2.24) is 10.2 Å². The average Bonchev–Trinajstić information content (AvgIpc) is 2.95. The maximum absolute atomic E-state index is 4.47. The molecule has 116 valence electrons. The van der Waals surface area contributed by atoms with E-state index in [0.717, 1.165) is 25.0 Å². The van der Waals surface area contributed by atoms with E-state index >= 15 is 0 Å². The first-order chi connectivity index (χ1) is 9.69. The van der Waals surface area contributed by atoms with Gasteiger partial charge in [-0.2, -0.15) is 0 Å². The summed E-state index contributed by atoms with van der Waals surface area (Å²) in [4.78, 5) is 6.89. The van der Waals surface area contributed by atoms with Gasteiger partial charge in [0, 0.05) is 32.1 Å². The molecule has 1 aromatic rings. The Morgan fingerprint density at radius 2 is 2.05 bits per heavy atom. The molecule has 1 saturated heterocycles. The van der Waals surface area contributed by atoms with Crippen LogP contribution in [0.5, 0.6) is 0 Å². The highest BCUT2D eigenvalue weighted by Crippen LogP contribution is 2.31. The lowest BCUT2D eigenvalue weighted by molar-refractivity contribution is 0.483. The molecule has 3 nitrogen and oxygen atoms in total. The van der Waals surface area contributed by atoms with Crippen LogP contribution in [0.2, 0.25) is 0 Å². The number of likely N-dealkylation sites (tertiary alicyclic amines) is 1. The number of benzene rings is 1. The van der Waals surface area contributed by atoms with Gasteiger partial charge in [-0.15, -0.1) is 24.0 Å². The fourth-order valence-corrected chi connectivity index (χ4v) is 3.24. The zero-order chi connectivity index (χ0) is 14.1. The third kappa shape index (κ3) is 3.71. The number of aryl methyl sites for hydroxylation is 1. The standard InChI is InChI=1S/C17H25N3.HI/c1-12-6-4-5-7-15(12)14-8-9-20(11-14)17(18-3)19-16-10-13(16)2;/h4-7,13-14,16H,8-11H2,1-3H3,(H,18,19);1H. The molecule has 1 saturated carbocycles. The van der Waals surface area contributed by atoms with E-state index in [4.69, 9.17) is 0 Å². The third-order valence-electron chi connectivity index (χ3n) is 4.75. The Hall–Kier alpha value is -0.780. The summed E-state index contributed by atoms with van der Waals surface area (Å²) in [6, 6.07) is 9.43. The minimum absolute atomic E-state index is 0. The van der Waals surface area contributed by atoms with Crippen LogP contribution in [-0.4, -0.2) is 37.0 Å². The first kappa shape index (κ1) is 16.6. The van der Waals surface area contributed by atoms with Gasteiger partial charge in [-0.05, 0) is 36.8 Å². The van der Waals surface area contributed by atoms with Crippen LogP contribution in [0.3, 0.4) is 0 Å². The number of hydrogen-bond acceptors (Lipinski definition) is 1. The number of nitrogens with one attached hydrogen (secondary N) is 1. The zero-order valence-electron chi connectivity index (χ0n) is 13.2. The SMILES string of the molecule is CN=C(NC1CC1C)N1CCC(c2ccccc2C)C1.I.